The largest absolute Gasteiger partial charge is 0.493 e. The van der Waals surface area contributed by atoms with Crippen molar-refractivity contribution in [1.82, 2.24) is 20.2 Å². The van der Waals surface area contributed by atoms with Gasteiger partial charge in [-0.1, -0.05) is 23.9 Å². The van der Waals surface area contributed by atoms with Gasteiger partial charge in [-0.3, -0.25) is 4.79 Å². The van der Waals surface area contributed by atoms with E-state index in [1.807, 2.05) is 23.7 Å². The van der Waals surface area contributed by atoms with Crippen molar-refractivity contribution >= 4 is 23.9 Å². The fraction of sp³-hybridized carbons (Fsp3) is 0.238. The molecular weight excluding hydrogens is 418 g/mol. The van der Waals surface area contributed by atoms with Crippen LogP contribution in [0.4, 0.5) is 0 Å². The molecular formula is C21H23N5O4S. The highest BCUT2D eigenvalue weighted by molar-refractivity contribution is 7.98. The first kappa shape index (κ1) is 22.2. The Bertz CT molecular complexity index is 1040. The minimum absolute atomic E-state index is 0.309. The van der Waals surface area contributed by atoms with Gasteiger partial charge in [-0.2, -0.15) is 5.10 Å². The molecule has 0 aliphatic carbocycles. The standard InChI is InChI=1S/C21H23N5O4S/c1-26-13-23-25-21(26)31-12-14-5-7-16(8-6-14)20(27)24-22-11-15-9-17(28-2)19(30-4)18(10-15)29-3/h5-11,13H,12H2,1-4H3,(H,24,27)/b22-11-. The number of ether oxygens (including phenoxy) is 3. The predicted octanol–water partition coefficient (Wildman–Crippen LogP) is 2.90. The molecule has 2 aromatic carbocycles. The zero-order valence-corrected chi connectivity index (χ0v) is 18.5. The zero-order chi connectivity index (χ0) is 22.2. The summed E-state index contributed by atoms with van der Waals surface area (Å²) in [6.45, 7) is 0. The lowest BCUT2D eigenvalue weighted by atomic mass is 10.1. The Hall–Kier alpha value is -3.53. The van der Waals surface area contributed by atoms with Crippen molar-refractivity contribution in [3.8, 4) is 17.2 Å². The lowest BCUT2D eigenvalue weighted by molar-refractivity contribution is 0.0955. The van der Waals surface area contributed by atoms with Crippen molar-refractivity contribution in [1.29, 1.82) is 0 Å². The third kappa shape index (κ3) is 5.54. The predicted molar refractivity (Wildman–Crippen MR) is 118 cm³/mol. The second kappa shape index (κ2) is 10.5. The van der Waals surface area contributed by atoms with Gasteiger partial charge in [0.15, 0.2) is 16.7 Å². The number of hydrogen-bond acceptors (Lipinski definition) is 8. The van der Waals surface area contributed by atoms with E-state index in [2.05, 4.69) is 20.7 Å². The molecule has 1 N–H and O–H groups in total. The summed E-state index contributed by atoms with van der Waals surface area (Å²) in [6, 6.07) is 10.8. The van der Waals surface area contributed by atoms with Gasteiger partial charge in [0.1, 0.15) is 6.33 Å². The van der Waals surface area contributed by atoms with Crippen LogP contribution in [0.25, 0.3) is 0 Å². The van der Waals surface area contributed by atoms with Gasteiger partial charge in [-0.25, -0.2) is 5.43 Å². The van der Waals surface area contributed by atoms with Gasteiger partial charge in [-0.05, 0) is 29.8 Å². The van der Waals surface area contributed by atoms with E-state index in [4.69, 9.17) is 14.2 Å². The number of methoxy groups -OCH3 is 3. The Morgan fingerprint density at radius 3 is 2.35 bits per heavy atom. The summed E-state index contributed by atoms with van der Waals surface area (Å²) >= 11 is 1.58. The molecule has 0 atom stereocenters. The normalized spacial score (nSPS) is 10.8. The van der Waals surface area contributed by atoms with Gasteiger partial charge in [0.25, 0.3) is 5.91 Å². The van der Waals surface area contributed by atoms with Crippen LogP contribution in [-0.4, -0.2) is 48.2 Å². The lowest BCUT2D eigenvalue weighted by Crippen LogP contribution is -2.17. The van der Waals surface area contributed by atoms with Crippen LogP contribution >= 0.6 is 11.8 Å². The quantitative estimate of drug-likeness (QED) is 0.310. The van der Waals surface area contributed by atoms with E-state index in [0.29, 0.717) is 28.4 Å². The Kier molecular flexibility index (Phi) is 7.50. The first-order valence-corrected chi connectivity index (χ1v) is 10.2. The third-order valence-electron chi connectivity index (χ3n) is 4.32. The molecule has 1 heterocycles. The highest BCUT2D eigenvalue weighted by atomic mass is 32.2. The van der Waals surface area contributed by atoms with E-state index in [0.717, 1.165) is 16.5 Å². The maximum atomic E-state index is 12.4. The highest BCUT2D eigenvalue weighted by Crippen LogP contribution is 2.37. The minimum atomic E-state index is -0.309. The molecule has 0 unspecified atom stereocenters. The molecule has 9 nitrogen and oxygen atoms in total. The highest BCUT2D eigenvalue weighted by Gasteiger charge is 2.12. The second-order valence-corrected chi connectivity index (χ2v) is 7.31. The van der Waals surface area contributed by atoms with Gasteiger partial charge in [0, 0.05) is 23.9 Å². The molecule has 162 valence electrons. The summed E-state index contributed by atoms with van der Waals surface area (Å²) in [7, 11) is 6.51. The number of carbonyl (C=O) groups is 1. The number of hydrazone groups is 1. The van der Waals surface area contributed by atoms with Crippen LogP contribution in [0.15, 0.2) is 53.0 Å². The molecule has 1 amide bonds. The molecule has 0 aliphatic rings. The molecule has 0 aliphatic heterocycles. The maximum absolute atomic E-state index is 12.4. The van der Waals surface area contributed by atoms with E-state index >= 15 is 0 Å². The number of nitrogens with one attached hydrogen (secondary N) is 1. The number of benzene rings is 2. The monoisotopic (exact) mass is 441 g/mol. The van der Waals surface area contributed by atoms with Crippen LogP contribution < -0.4 is 19.6 Å². The summed E-state index contributed by atoms with van der Waals surface area (Å²) in [6.07, 6.45) is 3.17. The van der Waals surface area contributed by atoms with Crippen molar-refractivity contribution in [2.24, 2.45) is 12.1 Å². The van der Waals surface area contributed by atoms with Crippen LogP contribution in [0.2, 0.25) is 0 Å². The SMILES string of the molecule is COc1cc(/C=N\NC(=O)c2ccc(CSc3nncn3C)cc2)cc(OC)c1OC. The summed E-state index contributed by atoms with van der Waals surface area (Å²) < 4.78 is 17.8. The average Bonchev–Trinajstić information content (AvgIpc) is 3.21. The van der Waals surface area contributed by atoms with Crippen LogP contribution in [-0.2, 0) is 12.8 Å². The van der Waals surface area contributed by atoms with E-state index in [9.17, 15) is 4.79 Å². The van der Waals surface area contributed by atoms with Crippen LogP contribution in [0.5, 0.6) is 17.2 Å². The maximum Gasteiger partial charge on any atom is 0.271 e. The topological polar surface area (TPSA) is 99.9 Å². The zero-order valence-electron chi connectivity index (χ0n) is 17.7. The number of amides is 1. The average molecular weight is 442 g/mol. The Labute approximate surface area is 184 Å². The number of nitrogens with zero attached hydrogens (tertiary/aromatic N) is 4. The number of rotatable bonds is 9. The Morgan fingerprint density at radius 1 is 1.13 bits per heavy atom. The summed E-state index contributed by atoms with van der Waals surface area (Å²) in [5.74, 6) is 1.92. The molecule has 0 spiro atoms. The molecule has 0 saturated heterocycles. The number of aryl methyl sites for hydroxylation is 1. The third-order valence-corrected chi connectivity index (χ3v) is 5.43. The summed E-state index contributed by atoms with van der Waals surface area (Å²) in [4.78, 5) is 12.4. The van der Waals surface area contributed by atoms with Crippen molar-refractivity contribution in [3.63, 3.8) is 0 Å². The molecule has 3 aromatic rings. The van der Waals surface area contributed by atoms with Crippen LogP contribution in [0.3, 0.4) is 0 Å². The van der Waals surface area contributed by atoms with Crippen molar-refractivity contribution < 1.29 is 19.0 Å². The number of aromatic nitrogens is 3. The molecule has 0 bridgehead atoms. The second-order valence-electron chi connectivity index (χ2n) is 6.37. The minimum Gasteiger partial charge on any atom is -0.493 e. The van der Waals surface area contributed by atoms with E-state index in [1.54, 1.807) is 42.4 Å². The molecule has 10 heteroatoms. The van der Waals surface area contributed by atoms with Crippen molar-refractivity contribution in [2.45, 2.75) is 10.9 Å². The Balaban J connectivity index is 1.60. The van der Waals surface area contributed by atoms with Crippen molar-refractivity contribution in [2.75, 3.05) is 21.3 Å². The van der Waals surface area contributed by atoms with E-state index < -0.39 is 0 Å². The molecule has 0 radical (unpaired) electrons. The van der Waals surface area contributed by atoms with Gasteiger partial charge in [0.2, 0.25) is 5.75 Å². The smallest absolute Gasteiger partial charge is 0.271 e. The summed E-state index contributed by atoms with van der Waals surface area (Å²) in [5.41, 5.74) is 4.79. The number of hydrogen-bond donors (Lipinski definition) is 1. The van der Waals surface area contributed by atoms with Crippen LogP contribution in [0.1, 0.15) is 21.5 Å². The number of thioether (sulfide) groups is 1. The summed E-state index contributed by atoms with van der Waals surface area (Å²) in [5, 5.41) is 12.8. The lowest BCUT2D eigenvalue weighted by Gasteiger charge is -2.12. The molecule has 0 fully saturated rings. The molecule has 1 aromatic heterocycles. The van der Waals surface area contributed by atoms with Gasteiger partial charge < -0.3 is 18.8 Å². The van der Waals surface area contributed by atoms with Gasteiger partial charge in [-0.15, -0.1) is 10.2 Å². The van der Waals surface area contributed by atoms with E-state index in [-0.39, 0.29) is 5.91 Å². The Morgan fingerprint density at radius 2 is 1.81 bits per heavy atom. The van der Waals surface area contributed by atoms with Gasteiger partial charge in [0.05, 0.1) is 27.5 Å². The molecule has 0 saturated carbocycles. The fourth-order valence-corrected chi connectivity index (χ4v) is 3.55. The molecule has 3 rings (SSSR count). The van der Waals surface area contributed by atoms with Crippen molar-refractivity contribution in [3.05, 3.63) is 59.4 Å². The number of carbonyl (C=O) groups excluding carboxylic acids is 1. The first-order chi connectivity index (χ1) is 15.0. The first-order valence-electron chi connectivity index (χ1n) is 9.24. The van der Waals surface area contributed by atoms with Crippen LogP contribution in [0, 0.1) is 0 Å². The molecule has 31 heavy (non-hydrogen) atoms. The fourth-order valence-electron chi connectivity index (χ4n) is 2.71. The van der Waals surface area contributed by atoms with E-state index in [1.165, 1.54) is 27.5 Å². The van der Waals surface area contributed by atoms with Gasteiger partial charge >= 0.3 is 0 Å².